The zero-order valence-electron chi connectivity index (χ0n) is 6.80. The van der Waals surface area contributed by atoms with E-state index >= 15 is 0 Å². The molecule has 0 aliphatic carbocycles. The fourth-order valence-electron chi connectivity index (χ4n) is 1.07. The molecule has 0 amide bonds. The lowest BCUT2D eigenvalue weighted by Gasteiger charge is -1.98. The summed E-state index contributed by atoms with van der Waals surface area (Å²) in [7, 11) is 0. The first kappa shape index (κ1) is 10.1. The molecule has 0 atom stereocenters. The second-order valence-corrected chi connectivity index (χ2v) is 4.45. The van der Waals surface area contributed by atoms with Crippen LogP contribution in [0.1, 0.15) is 0 Å². The molecule has 0 saturated carbocycles. The minimum absolute atomic E-state index is 0.316. The molecule has 0 fully saturated rings. The minimum Gasteiger partial charge on any atom is -0.440 e. The standard InChI is InChI=1S/C9H4BrFINO/c10-5-1-2-6(7(11)3-5)8-4-14-9(12)13-8/h1-4H. The van der Waals surface area contributed by atoms with Crippen molar-refractivity contribution in [2.45, 2.75) is 0 Å². The number of rotatable bonds is 1. The lowest BCUT2D eigenvalue weighted by Crippen LogP contribution is -1.84. The fourth-order valence-corrected chi connectivity index (χ4v) is 1.79. The van der Waals surface area contributed by atoms with Crippen LogP contribution in [0.5, 0.6) is 0 Å². The van der Waals surface area contributed by atoms with Crippen LogP contribution in [-0.2, 0) is 0 Å². The van der Waals surface area contributed by atoms with Gasteiger partial charge < -0.3 is 4.42 Å². The van der Waals surface area contributed by atoms with Gasteiger partial charge in [-0.2, -0.15) is 0 Å². The van der Waals surface area contributed by atoms with Crippen LogP contribution >= 0.6 is 38.5 Å². The van der Waals surface area contributed by atoms with Gasteiger partial charge in [0.1, 0.15) is 17.8 Å². The summed E-state index contributed by atoms with van der Waals surface area (Å²) in [6.07, 6.45) is 1.44. The van der Waals surface area contributed by atoms with E-state index in [4.69, 9.17) is 4.42 Å². The smallest absolute Gasteiger partial charge is 0.257 e. The molecule has 0 saturated heterocycles. The van der Waals surface area contributed by atoms with Gasteiger partial charge in [-0.1, -0.05) is 15.9 Å². The molecular formula is C9H4BrFINO. The highest BCUT2D eigenvalue weighted by atomic mass is 127. The first-order valence-electron chi connectivity index (χ1n) is 3.73. The topological polar surface area (TPSA) is 26.0 Å². The molecule has 1 heterocycles. The minimum atomic E-state index is -0.316. The maximum Gasteiger partial charge on any atom is 0.257 e. The van der Waals surface area contributed by atoms with Gasteiger partial charge in [0.05, 0.1) is 0 Å². The van der Waals surface area contributed by atoms with Gasteiger partial charge >= 0.3 is 0 Å². The van der Waals surface area contributed by atoms with Gasteiger partial charge in [-0.15, -0.1) is 0 Å². The molecule has 14 heavy (non-hydrogen) atoms. The van der Waals surface area contributed by atoms with Crippen molar-refractivity contribution >= 4 is 38.5 Å². The Morgan fingerprint density at radius 2 is 2.21 bits per heavy atom. The zero-order chi connectivity index (χ0) is 10.1. The molecule has 0 bridgehead atoms. The maximum absolute atomic E-state index is 13.4. The number of aromatic nitrogens is 1. The summed E-state index contributed by atoms with van der Waals surface area (Å²) in [4.78, 5) is 4.04. The van der Waals surface area contributed by atoms with Crippen LogP contribution in [0.25, 0.3) is 11.3 Å². The van der Waals surface area contributed by atoms with E-state index in [0.717, 1.165) is 0 Å². The van der Waals surface area contributed by atoms with Crippen molar-refractivity contribution in [2.75, 3.05) is 0 Å². The van der Waals surface area contributed by atoms with Crippen molar-refractivity contribution in [2.24, 2.45) is 0 Å². The van der Waals surface area contributed by atoms with Crippen LogP contribution in [0.15, 0.2) is 33.4 Å². The third-order valence-electron chi connectivity index (χ3n) is 1.68. The molecule has 0 N–H and O–H groups in total. The molecule has 2 nitrogen and oxygen atoms in total. The average molecular weight is 368 g/mol. The highest BCUT2D eigenvalue weighted by molar-refractivity contribution is 14.1. The summed E-state index contributed by atoms with van der Waals surface area (Å²) >= 11 is 5.13. The first-order valence-corrected chi connectivity index (χ1v) is 5.60. The summed E-state index contributed by atoms with van der Waals surface area (Å²) in [5.74, 6) is -0.316. The van der Waals surface area contributed by atoms with E-state index in [-0.39, 0.29) is 5.82 Å². The van der Waals surface area contributed by atoms with E-state index in [1.165, 1.54) is 12.3 Å². The molecule has 72 valence electrons. The number of nitrogens with zero attached hydrogens (tertiary/aromatic N) is 1. The van der Waals surface area contributed by atoms with Gasteiger partial charge in [0, 0.05) is 32.6 Å². The molecule has 1 aromatic heterocycles. The highest BCUT2D eigenvalue weighted by Crippen LogP contribution is 2.25. The van der Waals surface area contributed by atoms with Gasteiger partial charge in [-0.25, -0.2) is 9.37 Å². The third kappa shape index (κ3) is 1.98. The van der Waals surface area contributed by atoms with E-state index < -0.39 is 0 Å². The molecule has 5 heteroatoms. The van der Waals surface area contributed by atoms with Gasteiger partial charge in [0.25, 0.3) is 3.90 Å². The Morgan fingerprint density at radius 1 is 1.43 bits per heavy atom. The predicted molar refractivity (Wildman–Crippen MR) is 62.3 cm³/mol. The first-order chi connectivity index (χ1) is 6.66. The number of oxazole rings is 1. The largest absolute Gasteiger partial charge is 0.440 e. The molecule has 0 unspecified atom stereocenters. The Hall–Kier alpha value is -0.430. The van der Waals surface area contributed by atoms with Crippen molar-refractivity contribution in [3.63, 3.8) is 0 Å². The predicted octanol–water partition coefficient (Wildman–Crippen LogP) is 3.85. The van der Waals surface area contributed by atoms with E-state index in [0.29, 0.717) is 19.6 Å². The molecule has 1 aromatic carbocycles. The quantitative estimate of drug-likeness (QED) is 0.715. The van der Waals surface area contributed by atoms with Crippen molar-refractivity contribution in [1.29, 1.82) is 0 Å². The fraction of sp³-hybridized carbons (Fsp3) is 0. The van der Waals surface area contributed by atoms with Crippen molar-refractivity contribution < 1.29 is 8.81 Å². The zero-order valence-corrected chi connectivity index (χ0v) is 10.5. The number of hydrogen-bond acceptors (Lipinski definition) is 2. The van der Waals surface area contributed by atoms with Crippen molar-refractivity contribution in [1.82, 2.24) is 4.98 Å². The molecule has 2 aromatic rings. The summed E-state index contributed by atoms with van der Waals surface area (Å²) in [5.41, 5.74) is 0.958. The Labute approximate surface area is 102 Å². The van der Waals surface area contributed by atoms with Gasteiger partial charge in [-0.05, 0) is 18.2 Å². The second-order valence-electron chi connectivity index (χ2n) is 2.61. The Morgan fingerprint density at radius 3 is 2.79 bits per heavy atom. The van der Waals surface area contributed by atoms with Crippen LogP contribution in [0.2, 0.25) is 0 Å². The van der Waals surface area contributed by atoms with Crippen molar-refractivity contribution in [3.05, 3.63) is 38.6 Å². The number of halogens is 3. The summed E-state index contributed by atoms with van der Waals surface area (Å²) < 4.78 is 19.6. The Bertz CT molecular complexity index is 472. The van der Waals surface area contributed by atoms with Gasteiger partial charge in [0.15, 0.2) is 0 Å². The normalized spacial score (nSPS) is 10.5. The lowest BCUT2D eigenvalue weighted by molar-refractivity contribution is 0.525. The molecule has 0 spiro atoms. The Balaban J connectivity index is 2.52. The molecule has 0 aliphatic heterocycles. The highest BCUT2D eigenvalue weighted by Gasteiger charge is 2.09. The van der Waals surface area contributed by atoms with E-state index in [1.807, 2.05) is 22.6 Å². The van der Waals surface area contributed by atoms with E-state index in [9.17, 15) is 4.39 Å². The second kappa shape index (κ2) is 3.98. The number of benzene rings is 1. The summed E-state index contributed by atoms with van der Waals surface area (Å²) in [5, 5.41) is 0. The molecule has 0 aliphatic rings. The molecule has 2 rings (SSSR count). The third-order valence-corrected chi connectivity index (χ3v) is 2.67. The number of hydrogen-bond donors (Lipinski definition) is 0. The van der Waals surface area contributed by atoms with Gasteiger partial charge in [-0.3, -0.25) is 0 Å². The lowest BCUT2D eigenvalue weighted by atomic mass is 10.1. The average Bonchev–Trinajstić information content (AvgIpc) is 2.51. The SMILES string of the molecule is Fc1cc(Br)ccc1-c1coc(I)n1. The van der Waals surface area contributed by atoms with E-state index in [2.05, 4.69) is 20.9 Å². The van der Waals surface area contributed by atoms with Crippen LogP contribution in [0.3, 0.4) is 0 Å². The van der Waals surface area contributed by atoms with E-state index in [1.54, 1.807) is 12.1 Å². The van der Waals surface area contributed by atoms with Gasteiger partial charge in [0.2, 0.25) is 0 Å². The molecular weight excluding hydrogens is 364 g/mol. The molecule has 0 radical (unpaired) electrons. The van der Waals surface area contributed by atoms with Crippen molar-refractivity contribution in [3.8, 4) is 11.3 Å². The van der Waals surface area contributed by atoms with Crippen LogP contribution in [0, 0.1) is 9.71 Å². The summed E-state index contributed by atoms with van der Waals surface area (Å²) in [6.45, 7) is 0. The van der Waals surface area contributed by atoms with Crippen LogP contribution in [-0.4, -0.2) is 4.98 Å². The van der Waals surface area contributed by atoms with Crippen LogP contribution < -0.4 is 0 Å². The van der Waals surface area contributed by atoms with Crippen LogP contribution in [0.4, 0.5) is 4.39 Å². The Kier molecular flexibility index (Phi) is 2.87. The monoisotopic (exact) mass is 367 g/mol. The summed E-state index contributed by atoms with van der Waals surface area (Å²) in [6, 6.07) is 4.82. The maximum atomic E-state index is 13.4.